The molecule has 0 saturated heterocycles. The van der Waals surface area contributed by atoms with Crippen LogP contribution in [0.3, 0.4) is 0 Å². The molecule has 2 rings (SSSR count). The lowest BCUT2D eigenvalue weighted by Gasteiger charge is -2.10. The molecule has 0 spiro atoms. The lowest BCUT2D eigenvalue weighted by molar-refractivity contribution is -0.274. The quantitative estimate of drug-likeness (QED) is 0.910. The summed E-state index contributed by atoms with van der Waals surface area (Å²) in [5.74, 6) is -0.862. The van der Waals surface area contributed by atoms with E-state index >= 15 is 0 Å². The largest absolute Gasteiger partial charge is 0.573 e. The van der Waals surface area contributed by atoms with Gasteiger partial charge in [-0.25, -0.2) is 0 Å². The minimum Gasteiger partial charge on any atom is -0.406 e. The molecular weight excluding hydrogens is 289 g/mol. The van der Waals surface area contributed by atoms with Crippen LogP contribution in [-0.2, 0) is 7.05 Å². The van der Waals surface area contributed by atoms with Gasteiger partial charge in [-0.05, 0) is 12.1 Å². The molecule has 0 fully saturated rings. The monoisotopic (exact) mass is 300 g/mol. The number of nitrogens with two attached hydrogens (primary N) is 1. The molecule has 1 amide bonds. The molecule has 0 unspecified atom stereocenters. The summed E-state index contributed by atoms with van der Waals surface area (Å²) in [7, 11) is 1.56. The lowest BCUT2D eigenvalue weighted by atomic mass is 10.2. The Morgan fingerprint density at radius 2 is 2.14 bits per heavy atom. The normalized spacial score (nSPS) is 11.2. The second-order valence-corrected chi connectivity index (χ2v) is 4.10. The molecule has 6 nitrogen and oxygen atoms in total. The zero-order chi connectivity index (χ0) is 15.6. The van der Waals surface area contributed by atoms with Crippen LogP contribution in [0.15, 0.2) is 30.5 Å². The minimum absolute atomic E-state index is 0.125. The fraction of sp³-hybridized carbons (Fsp3) is 0.167. The third-order valence-electron chi connectivity index (χ3n) is 2.55. The van der Waals surface area contributed by atoms with Gasteiger partial charge in [0, 0.05) is 18.8 Å². The Labute approximate surface area is 117 Å². The number of hydrogen-bond donors (Lipinski definition) is 2. The lowest BCUT2D eigenvalue weighted by Crippen LogP contribution is -2.17. The molecule has 9 heteroatoms. The molecule has 1 heterocycles. The van der Waals surface area contributed by atoms with Gasteiger partial charge in [0.25, 0.3) is 5.91 Å². The number of anilines is 2. The molecule has 2 aromatic rings. The van der Waals surface area contributed by atoms with Crippen LogP contribution in [0.1, 0.15) is 10.4 Å². The van der Waals surface area contributed by atoms with Gasteiger partial charge in [-0.1, -0.05) is 6.07 Å². The molecule has 1 aromatic heterocycles. The molecule has 0 aliphatic carbocycles. The van der Waals surface area contributed by atoms with Crippen molar-refractivity contribution in [2.45, 2.75) is 6.36 Å². The number of nitrogens with zero attached hydrogens (tertiary/aromatic N) is 2. The predicted molar refractivity (Wildman–Crippen MR) is 68.7 cm³/mol. The van der Waals surface area contributed by atoms with Crippen molar-refractivity contribution < 1.29 is 22.7 Å². The molecule has 112 valence electrons. The fourth-order valence-corrected chi connectivity index (χ4v) is 1.59. The van der Waals surface area contributed by atoms with Crippen molar-refractivity contribution in [1.29, 1.82) is 0 Å². The number of aryl methyl sites for hydroxylation is 1. The number of nitrogens with one attached hydrogen (secondary N) is 1. The number of hydrogen-bond acceptors (Lipinski definition) is 4. The second kappa shape index (κ2) is 5.35. The molecule has 0 bridgehead atoms. The average molecular weight is 300 g/mol. The van der Waals surface area contributed by atoms with E-state index < -0.39 is 18.0 Å². The van der Waals surface area contributed by atoms with Crippen molar-refractivity contribution in [2.24, 2.45) is 7.05 Å². The third kappa shape index (κ3) is 3.65. The Kier molecular flexibility index (Phi) is 3.74. The first-order valence-corrected chi connectivity index (χ1v) is 5.71. The summed E-state index contributed by atoms with van der Waals surface area (Å²) in [6.07, 6.45) is -3.53. The smallest absolute Gasteiger partial charge is 0.406 e. The van der Waals surface area contributed by atoms with Crippen LogP contribution in [-0.4, -0.2) is 22.1 Å². The Hall–Kier alpha value is -2.71. The van der Waals surface area contributed by atoms with E-state index in [9.17, 15) is 18.0 Å². The van der Waals surface area contributed by atoms with Gasteiger partial charge in [-0.3, -0.25) is 9.48 Å². The highest BCUT2D eigenvalue weighted by atomic mass is 19.4. The number of nitrogen functional groups attached to an aromatic ring is 1. The van der Waals surface area contributed by atoms with Crippen molar-refractivity contribution in [3.8, 4) is 5.75 Å². The molecule has 21 heavy (non-hydrogen) atoms. The Bertz CT molecular complexity index is 667. The van der Waals surface area contributed by atoms with Crippen molar-refractivity contribution in [3.63, 3.8) is 0 Å². The van der Waals surface area contributed by atoms with Crippen LogP contribution in [0.25, 0.3) is 0 Å². The number of halogens is 3. The summed E-state index contributed by atoms with van der Waals surface area (Å²) in [5, 5.41) is 6.22. The molecule has 3 N–H and O–H groups in total. The van der Waals surface area contributed by atoms with E-state index in [1.807, 2.05) is 0 Å². The van der Waals surface area contributed by atoms with E-state index in [2.05, 4.69) is 15.2 Å². The number of carbonyl (C=O) groups excluding carboxylic acids is 1. The van der Waals surface area contributed by atoms with Crippen LogP contribution >= 0.6 is 0 Å². The maximum absolute atomic E-state index is 12.1. The fourth-order valence-electron chi connectivity index (χ4n) is 1.59. The summed E-state index contributed by atoms with van der Waals surface area (Å²) in [6, 6.07) is 4.93. The number of carbonyl (C=O) groups is 1. The standard InChI is InChI=1S/C12H11F3N4O2/c1-19-10(16)9(6-17-19)11(20)18-7-3-2-4-8(5-7)21-12(13,14)15/h2-6H,16H2,1H3,(H,18,20). The first-order valence-electron chi connectivity index (χ1n) is 5.71. The Balaban J connectivity index is 2.15. The Morgan fingerprint density at radius 3 is 2.71 bits per heavy atom. The van der Waals surface area contributed by atoms with Crippen LogP contribution < -0.4 is 15.8 Å². The number of rotatable bonds is 3. The van der Waals surface area contributed by atoms with Crippen LogP contribution in [0.2, 0.25) is 0 Å². The molecule has 0 aliphatic heterocycles. The van der Waals surface area contributed by atoms with E-state index in [1.165, 1.54) is 23.0 Å². The zero-order valence-corrected chi connectivity index (χ0v) is 10.8. The third-order valence-corrected chi connectivity index (χ3v) is 2.55. The summed E-state index contributed by atoms with van der Waals surface area (Å²) < 4.78 is 41.4. The summed E-state index contributed by atoms with van der Waals surface area (Å²) in [6.45, 7) is 0. The van der Waals surface area contributed by atoms with Gasteiger partial charge >= 0.3 is 6.36 Å². The second-order valence-electron chi connectivity index (χ2n) is 4.10. The molecule has 1 aromatic carbocycles. The highest BCUT2D eigenvalue weighted by Crippen LogP contribution is 2.25. The van der Waals surface area contributed by atoms with E-state index in [4.69, 9.17) is 5.73 Å². The van der Waals surface area contributed by atoms with Gasteiger partial charge in [-0.15, -0.1) is 13.2 Å². The molecular formula is C12H11F3N4O2. The molecule has 0 saturated carbocycles. The summed E-state index contributed by atoms with van der Waals surface area (Å²) in [5.41, 5.74) is 5.90. The zero-order valence-electron chi connectivity index (χ0n) is 10.8. The summed E-state index contributed by atoms with van der Waals surface area (Å²) >= 11 is 0. The number of benzene rings is 1. The predicted octanol–water partition coefficient (Wildman–Crippen LogP) is 2.15. The van der Waals surface area contributed by atoms with Gasteiger partial charge in [0.05, 0.1) is 6.20 Å². The van der Waals surface area contributed by atoms with E-state index in [0.717, 1.165) is 12.1 Å². The van der Waals surface area contributed by atoms with Gasteiger partial charge in [-0.2, -0.15) is 5.10 Å². The maximum Gasteiger partial charge on any atom is 0.573 e. The molecule has 0 atom stereocenters. The van der Waals surface area contributed by atoms with Gasteiger partial charge < -0.3 is 15.8 Å². The van der Waals surface area contributed by atoms with E-state index in [1.54, 1.807) is 7.05 Å². The van der Waals surface area contributed by atoms with Gasteiger partial charge in [0.2, 0.25) is 0 Å². The number of amides is 1. The number of alkyl halides is 3. The highest BCUT2D eigenvalue weighted by molar-refractivity contribution is 6.07. The van der Waals surface area contributed by atoms with Crippen molar-refractivity contribution in [2.75, 3.05) is 11.1 Å². The number of ether oxygens (including phenoxy) is 1. The van der Waals surface area contributed by atoms with Crippen LogP contribution in [0, 0.1) is 0 Å². The van der Waals surface area contributed by atoms with Gasteiger partial charge in [0.15, 0.2) is 0 Å². The Morgan fingerprint density at radius 1 is 1.43 bits per heavy atom. The van der Waals surface area contributed by atoms with E-state index in [-0.39, 0.29) is 17.1 Å². The SMILES string of the molecule is Cn1ncc(C(=O)Nc2cccc(OC(F)(F)F)c2)c1N. The number of aromatic nitrogens is 2. The first kappa shape index (κ1) is 14.7. The summed E-state index contributed by atoms with van der Waals surface area (Å²) in [4.78, 5) is 11.9. The van der Waals surface area contributed by atoms with Gasteiger partial charge in [0.1, 0.15) is 17.1 Å². The van der Waals surface area contributed by atoms with E-state index in [0.29, 0.717) is 0 Å². The van der Waals surface area contributed by atoms with Crippen LogP contribution in [0.4, 0.5) is 24.7 Å². The highest BCUT2D eigenvalue weighted by Gasteiger charge is 2.31. The van der Waals surface area contributed by atoms with Crippen molar-refractivity contribution >= 4 is 17.4 Å². The maximum atomic E-state index is 12.1. The molecule has 0 aliphatic rings. The molecule has 0 radical (unpaired) electrons. The average Bonchev–Trinajstić information content (AvgIpc) is 2.68. The van der Waals surface area contributed by atoms with Crippen molar-refractivity contribution in [1.82, 2.24) is 9.78 Å². The van der Waals surface area contributed by atoms with Crippen LogP contribution in [0.5, 0.6) is 5.75 Å². The minimum atomic E-state index is -4.80. The van der Waals surface area contributed by atoms with Crippen molar-refractivity contribution in [3.05, 3.63) is 36.0 Å². The topological polar surface area (TPSA) is 82.2 Å². The first-order chi connectivity index (χ1) is 9.76.